The maximum Gasteiger partial charge on any atom is 0.676 e. The van der Waals surface area contributed by atoms with E-state index in [1.54, 1.807) is 0 Å². The van der Waals surface area contributed by atoms with Crippen LogP contribution >= 0.6 is 0 Å². The Labute approximate surface area is 68.6 Å². The molecule has 0 aromatic carbocycles. The van der Waals surface area contributed by atoms with Gasteiger partial charge < -0.3 is 18.1 Å². The molecule has 0 atom stereocenters. The molecule has 0 saturated heterocycles. The van der Waals surface area contributed by atoms with Crippen LogP contribution in [-0.4, -0.2) is 33.7 Å². The van der Waals surface area contributed by atoms with Crippen LogP contribution < -0.4 is 0 Å². The van der Waals surface area contributed by atoms with Crippen molar-refractivity contribution in [2.45, 2.75) is 26.4 Å². The topological polar surface area (TPSA) is 47.9 Å². The molecule has 0 fully saturated rings. The third-order valence-corrected chi connectivity index (χ3v) is 2.85. The molecule has 0 aliphatic carbocycles. The van der Waals surface area contributed by atoms with Gasteiger partial charge in [0.15, 0.2) is 0 Å². The van der Waals surface area contributed by atoms with Gasteiger partial charge in [0.25, 0.3) is 0 Å². The summed E-state index contributed by atoms with van der Waals surface area (Å²) in [5, 5.41) is 0. The van der Waals surface area contributed by atoms with Crippen LogP contribution in [0.3, 0.4) is 0 Å². The predicted molar refractivity (Wildman–Crippen MR) is 42.8 cm³/mol. The van der Waals surface area contributed by atoms with E-state index in [0.29, 0.717) is 0 Å². The van der Waals surface area contributed by atoms with Crippen molar-refractivity contribution in [1.29, 1.82) is 0 Å². The summed E-state index contributed by atoms with van der Waals surface area (Å²) in [6.45, 7) is 5.47. The molecule has 0 radical (unpaired) electrons. The summed E-state index contributed by atoms with van der Waals surface area (Å²) < 4.78 is 14.6. The van der Waals surface area contributed by atoms with Gasteiger partial charge in [-0.3, -0.25) is 0 Å². The van der Waals surface area contributed by atoms with E-state index in [-0.39, 0.29) is 0 Å². The third kappa shape index (κ3) is 4.49. The first kappa shape index (κ1) is 11.1. The van der Waals surface area contributed by atoms with Crippen LogP contribution in [0.25, 0.3) is 0 Å². The minimum Gasteiger partial charge on any atom is -0.367 e. The Kier molecular flexibility index (Phi) is 3.66. The molecule has 0 unspecified atom stereocenters. The minimum atomic E-state index is -3.33. The Morgan fingerprint density at radius 1 is 1.09 bits per heavy atom. The molecule has 0 saturated carbocycles. The van der Waals surface area contributed by atoms with E-state index in [1.807, 2.05) is 20.8 Å². The van der Waals surface area contributed by atoms with E-state index in [4.69, 9.17) is 13.3 Å². The Bertz CT molecular complexity index is 116. The van der Waals surface area contributed by atoms with Crippen molar-refractivity contribution in [2.75, 3.05) is 14.2 Å². The van der Waals surface area contributed by atoms with E-state index in [0.717, 1.165) is 0 Å². The molecule has 1 N–H and O–H groups in total. The van der Waals surface area contributed by atoms with Crippen LogP contribution in [0.1, 0.15) is 20.8 Å². The molecule has 0 aliphatic rings. The van der Waals surface area contributed by atoms with Gasteiger partial charge in [0.1, 0.15) is 0 Å². The fourth-order valence-electron chi connectivity index (χ4n) is 0.554. The van der Waals surface area contributed by atoms with E-state index in [1.165, 1.54) is 14.2 Å². The second-order valence-corrected chi connectivity index (χ2v) is 5.21. The smallest absolute Gasteiger partial charge is 0.367 e. The second kappa shape index (κ2) is 3.64. The SMILES string of the molecule is CO[Si](O)(OC)OC(C)(C)C. The average Bonchev–Trinajstić information content (AvgIpc) is 1.84. The summed E-state index contributed by atoms with van der Waals surface area (Å²) in [5.74, 6) is 0. The van der Waals surface area contributed by atoms with Crippen LogP contribution in [0.15, 0.2) is 0 Å². The Balaban J connectivity index is 4.08. The van der Waals surface area contributed by atoms with Crippen molar-refractivity contribution in [2.24, 2.45) is 0 Å². The first-order valence-electron chi connectivity index (χ1n) is 3.36. The van der Waals surface area contributed by atoms with Gasteiger partial charge in [-0.15, -0.1) is 0 Å². The molecule has 0 bridgehead atoms. The van der Waals surface area contributed by atoms with Crippen molar-refractivity contribution < 1.29 is 18.1 Å². The third-order valence-electron chi connectivity index (χ3n) is 0.951. The molecule has 0 rings (SSSR count). The molecule has 0 aromatic rings. The number of rotatable bonds is 3. The van der Waals surface area contributed by atoms with Gasteiger partial charge in [0, 0.05) is 14.2 Å². The maximum atomic E-state index is 9.44. The first-order valence-corrected chi connectivity index (χ1v) is 5.03. The van der Waals surface area contributed by atoms with E-state index in [9.17, 15) is 4.80 Å². The summed E-state index contributed by atoms with van der Waals surface area (Å²) >= 11 is 0. The molecular weight excluding hydrogens is 164 g/mol. The minimum absolute atomic E-state index is 0.451. The zero-order valence-electron chi connectivity index (χ0n) is 7.67. The quantitative estimate of drug-likeness (QED) is 0.643. The molecule has 0 aromatic heterocycles. The molecule has 0 heterocycles. The predicted octanol–water partition coefficient (Wildman–Crippen LogP) is 0.522. The molecule has 68 valence electrons. The lowest BCUT2D eigenvalue weighted by atomic mass is 10.2. The summed E-state index contributed by atoms with van der Waals surface area (Å²) in [6, 6.07) is 0. The normalized spacial score (nSPS) is 13.6. The largest absolute Gasteiger partial charge is 0.676 e. The fraction of sp³-hybridized carbons (Fsp3) is 1.00. The Morgan fingerprint density at radius 3 is 1.55 bits per heavy atom. The molecule has 0 aliphatic heterocycles. The molecule has 5 heteroatoms. The van der Waals surface area contributed by atoms with Crippen molar-refractivity contribution in [1.82, 2.24) is 0 Å². The highest BCUT2D eigenvalue weighted by molar-refractivity contribution is 6.51. The van der Waals surface area contributed by atoms with Crippen molar-refractivity contribution in [3.8, 4) is 0 Å². The monoisotopic (exact) mass is 180 g/mol. The Morgan fingerprint density at radius 2 is 1.45 bits per heavy atom. The molecule has 0 spiro atoms. The van der Waals surface area contributed by atoms with Gasteiger partial charge in [-0.25, -0.2) is 0 Å². The second-order valence-electron chi connectivity index (χ2n) is 3.15. The first-order chi connectivity index (χ1) is 4.83. The highest BCUT2D eigenvalue weighted by Crippen LogP contribution is 2.14. The molecule has 4 nitrogen and oxygen atoms in total. The van der Waals surface area contributed by atoms with E-state index in [2.05, 4.69) is 0 Å². The van der Waals surface area contributed by atoms with Crippen molar-refractivity contribution in [3.63, 3.8) is 0 Å². The van der Waals surface area contributed by atoms with Gasteiger partial charge in [-0.1, -0.05) is 0 Å². The lowest BCUT2D eigenvalue weighted by Crippen LogP contribution is -2.49. The Hall–Kier alpha value is 0.0569. The fourth-order valence-corrected chi connectivity index (χ4v) is 1.66. The van der Waals surface area contributed by atoms with Gasteiger partial charge in [0.2, 0.25) is 0 Å². The molecule has 11 heavy (non-hydrogen) atoms. The lowest BCUT2D eigenvalue weighted by molar-refractivity contribution is -0.0367. The molecular formula is C6H16O4Si. The highest BCUT2D eigenvalue weighted by Gasteiger charge is 2.42. The summed E-state index contributed by atoms with van der Waals surface area (Å²) in [6.07, 6.45) is 0. The van der Waals surface area contributed by atoms with Gasteiger partial charge in [-0.2, -0.15) is 0 Å². The molecule has 0 amide bonds. The maximum absolute atomic E-state index is 9.44. The number of hydrogen-bond acceptors (Lipinski definition) is 4. The van der Waals surface area contributed by atoms with Crippen LogP contribution in [0.5, 0.6) is 0 Å². The van der Waals surface area contributed by atoms with Crippen molar-refractivity contribution >= 4 is 9.05 Å². The van der Waals surface area contributed by atoms with Crippen LogP contribution in [0, 0.1) is 0 Å². The average molecular weight is 180 g/mol. The highest BCUT2D eigenvalue weighted by atomic mass is 28.4. The summed E-state index contributed by atoms with van der Waals surface area (Å²) in [4.78, 5) is 9.44. The standard InChI is InChI=1S/C6H16O4Si/c1-6(2,3)10-11(7,8-4)9-5/h7H,1-5H3. The summed E-state index contributed by atoms with van der Waals surface area (Å²) in [5.41, 5.74) is -0.451. The zero-order valence-corrected chi connectivity index (χ0v) is 8.67. The zero-order chi connectivity index (χ0) is 9.12. The van der Waals surface area contributed by atoms with Crippen LogP contribution in [0.4, 0.5) is 0 Å². The number of hydrogen-bond donors (Lipinski definition) is 1. The van der Waals surface area contributed by atoms with E-state index >= 15 is 0 Å². The van der Waals surface area contributed by atoms with E-state index < -0.39 is 14.6 Å². The van der Waals surface area contributed by atoms with Crippen molar-refractivity contribution in [3.05, 3.63) is 0 Å². The van der Waals surface area contributed by atoms with Crippen LogP contribution in [-0.2, 0) is 13.3 Å². The van der Waals surface area contributed by atoms with Gasteiger partial charge >= 0.3 is 9.05 Å². The summed E-state index contributed by atoms with van der Waals surface area (Å²) in [7, 11) is -0.608. The van der Waals surface area contributed by atoms with Crippen LogP contribution in [0.2, 0.25) is 0 Å². The lowest BCUT2D eigenvalue weighted by Gasteiger charge is -2.27. The van der Waals surface area contributed by atoms with Gasteiger partial charge in [0.05, 0.1) is 5.60 Å². The van der Waals surface area contributed by atoms with Gasteiger partial charge in [-0.05, 0) is 20.8 Å².